The van der Waals surface area contributed by atoms with Crippen molar-refractivity contribution in [3.63, 3.8) is 0 Å². The number of amides is 1. The third kappa shape index (κ3) is 4.45. The Morgan fingerprint density at radius 1 is 0.962 bits per heavy atom. The summed E-state index contributed by atoms with van der Waals surface area (Å²) < 4.78 is 0. The Hall–Kier alpha value is -3.21. The molecule has 0 aliphatic carbocycles. The zero-order valence-electron chi connectivity index (χ0n) is 15.2. The van der Waals surface area contributed by atoms with E-state index in [1.54, 1.807) is 6.07 Å². The van der Waals surface area contributed by atoms with Crippen LogP contribution in [0.4, 0.5) is 11.5 Å². The molecule has 3 rings (SSSR count). The van der Waals surface area contributed by atoms with Gasteiger partial charge in [0.2, 0.25) is 0 Å². The zero-order chi connectivity index (χ0) is 18.5. The molecule has 0 unspecified atom stereocenters. The topological polar surface area (TPSA) is 66.9 Å². The highest BCUT2D eigenvalue weighted by molar-refractivity contribution is 5.92. The third-order valence-electron chi connectivity index (χ3n) is 4.21. The maximum atomic E-state index is 12.4. The third-order valence-corrected chi connectivity index (χ3v) is 4.21. The van der Waals surface area contributed by atoms with Gasteiger partial charge in [0.05, 0.1) is 0 Å². The first-order valence-corrected chi connectivity index (χ1v) is 8.51. The molecule has 0 saturated heterocycles. The van der Waals surface area contributed by atoms with E-state index in [4.69, 9.17) is 0 Å². The van der Waals surface area contributed by atoms with Gasteiger partial charge in [-0.2, -0.15) is 0 Å². The van der Waals surface area contributed by atoms with Crippen molar-refractivity contribution in [2.75, 3.05) is 5.32 Å². The average molecular weight is 346 g/mol. The number of carbonyl (C=O) groups is 1. The second-order valence-corrected chi connectivity index (χ2v) is 6.38. The Kier molecular flexibility index (Phi) is 5.27. The van der Waals surface area contributed by atoms with Crippen molar-refractivity contribution in [3.8, 4) is 0 Å². The number of rotatable bonds is 5. The summed E-state index contributed by atoms with van der Waals surface area (Å²) in [5.74, 6) is 0.362. The minimum absolute atomic E-state index is 0.225. The number of anilines is 2. The van der Waals surface area contributed by atoms with Gasteiger partial charge in [0.15, 0.2) is 0 Å². The number of benzene rings is 2. The van der Waals surface area contributed by atoms with Crippen molar-refractivity contribution < 1.29 is 4.79 Å². The molecule has 0 aliphatic heterocycles. The summed E-state index contributed by atoms with van der Waals surface area (Å²) in [5.41, 5.74) is 5.91. The predicted octanol–water partition coefficient (Wildman–Crippen LogP) is 4.08. The molecule has 2 aromatic carbocycles. The first kappa shape index (κ1) is 17.6. The molecule has 1 heterocycles. The van der Waals surface area contributed by atoms with Crippen molar-refractivity contribution in [2.45, 2.75) is 27.3 Å². The van der Waals surface area contributed by atoms with Gasteiger partial charge in [0, 0.05) is 18.3 Å². The van der Waals surface area contributed by atoms with Crippen LogP contribution in [0.1, 0.15) is 32.7 Å². The zero-order valence-corrected chi connectivity index (χ0v) is 15.2. The Morgan fingerprint density at radius 2 is 1.81 bits per heavy atom. The van der Waals surface area contributed by atoms with Gasteiger partial charge in [0.25, 0.3) is 5.91 Å². The van der Waals surface area contributed by atoms with Crippen molar-refractivity contribution in [2.24, 2.45) is 0 Å². The molecular formula is C21H22N4O. The van der Waals surface area contributed by atoms with Crippen molar-refractivity contribution >= 4 is 17.4 Å². The van der Waals surface area contributed by atoms with Crippen LogP contribution in [0.15, 0.2) is 54.9 Å². The molecule has 0 aliphatic rings. The smallest absolute Gasteiger partial charge is 0.270 e. The summed E-state index contributed by atoms with van der Waals surface area (Å²) in [5, 5.41) is 6.11. The van der Waals surface area contributed by atoms with Crippen molar-refractivity contribution in [3.05, 3.63) is 82.8 Å². The molecule has 0 bridgehead atoms. The summed E-state index contributed by atoms with van der Waals surface area (Å²) in [6.07, 6.45) is 1.39. The van der Waals surface area contributed by atoms with Gasteiger partial charge in [-0.05, 0) is 49.6 Å². The fraction of sp³-hybridized carbons (Fsp3) is 0.190. The van der Waals surface area contributed by atoms with Crippen molar-refractivity contribution in [1.82, 2.24) is 15.3 Å². The standard InChI is InChI=1S/C21H22N4O/c1-14-5-4-6-17(9-14)12-22-21(26)19-11-20(24-13-23-19)25-18-8-7-15(2)16(3)10-18/h4-11,13H,12H2,1-3H3,(H,22,26)(H,23,24,25). The Bertz CT molecular complexity index is 937. The van der Waals surface area contributed by atoms with Gasteiger partial charge in [-0.3, -0.25) is 4.79 Å². The number of nitrogens with zero attached hydrogens (tertiary/aromatic N) is 2. The number of hydrogen-bond acceptors (Lipinski definition) is 4. The predicted molar refractivity (Wildman–Crippen MR) is 104 cm³/mol. The Balaban J connectivity index is 1.67. The summed E-state index contributed by atoms with van der Waals surface area (Å²) in [4.78, 5) is 20.7. The SMILES string of the molecule is Cc1cccc(CNC(=O)c2cc(Nc3ccc(C)c(C)c3)ncn2)c1. The highest BCUT2D eigenvalue weighted by Crippen LogP contribution is 2.18. The van der Waals surface area contributed by atoms with Gasteiger partial charge in [-0.1, -0.05) is 35.9 Å². The second kappa shape index (κ2) is 7.78. The lowest BCUT2D eigenvalue weighted by Crippen LogP contribution is -2.24. The van der Waals surface area contributed by atoms with Crippen LogP contribution in [-0.2, 0) is 6.54 Å². The normalized spacial score (nSPS) is 10.4. The maximum Gasteiger partial charge on any atom is 0.270 e. The van der Waals surface area contributed by atoms with Crippen LogP contribution in [-0.4, -0.2) is 15.9 Å². The fourth-order valence-corrected chi connectivity index (χ4v) is 2.61. The monoisotopic (exact) mass is 346 g/mol. The van der Waals surface area contributed by atoms with E-state index in [9.17, 15) is 4.79 Å². The van der Waals surface area contributed by atoms with Crippen LogP contribution in [0, 0.1) is 20.8 Å². The molecule has 1 amide bonds. The summed E-state index contributed by atoms with van der Waals surface area (Å²) >= 11 is 0. The van der Waals surface area contributed by atoms with E-state index in [0.717, 1.165) is 11.3 Å². The molecule has 0 saturated carbocycles. The first-order chi connectivity index (χ1) is 12.5. The van der Waals surface area contributed by atoms with Gasteiger partial charge >= 0.3 is 0 Å². The quantitative estimate of drug-likeness (QED) is 0.731. The van der Waals surface area contributed by atoms with E-state index in [1.807, 2.05) is 43.3 Å². The molecule has 0 radical (unpaired) electrons. The molecule has 3 aromatic rings. The lowest BCUT2D eigenvalue weighted by molar-refractivity contribution is 0.0946. The van der Waals surface area contributed by atoms with Crippen molar-refractivity contribution in [1.29, 1.82) is 0 Å². The first-order valence-electron chi connectivity index (χ1n) is 8.51. The molecule has 0 atom stereocenters. The molecule has 5 nitrogen and oxygen atoms in total. The van der Waals surface area contributed by atoms with Crippen LogP contribution in [0.2, 0.25) is 0 Å². The maximum absolute atomic E-state index is 12.4. The Morgan fingerprint density at radius 3 is 2.58 bits per heavy atom. The van der Waals surface area contributed by atoms with Crippen LogP contribution >= 0.6 is 0 Å². The van der Waals surface area contributed by atoms with Gasteiger partial charge in [0.1, 0.15) is 17.8 Å². The Labute approximate surface area is 153 Å². The number of carbonyl (C=O) groups excluding carboxylic acids is 1. The number of nitrogens with one attached hydrogen (secondary N) is 2. The molecule has 26 heavy (non-hydrogen) atoms. The lowest BCUT2D eigenvalue weighted by Gasteiger charge is -2.09. The summed E-state index contributed by atoms with van der Waals surface area (Å²) in [6.45, 7) is 6.62. The van der Waals surface area contributed by atoms with Gasteiger partial charge < -0.3 is 10.6 Å². The van der Waals surface area contributed by atoms with Crippen LogP contribution in [0.3, 0.4) is 0 Å². The van der Waals surface area contributed by atoms with Gasteiger partial charge in [-0.25, -0.2) is 9.97 Å². The minimum atomic E-state index is -0.225. The molecule has 5 heteroatoms. The molecule has 1 aromatic heterocycles. The van der Waals surface area contributed by atoms with Crippen LogP contribution in [0.25, 0.3) is 0 Å². The number of hydrogen-bond donors (Lipinski definition) is 2. The fourth-order valence-electron chi connectivity index (χ4n) is 2.61. The van der Waals surface area contributed by atoms with Gasteiger partial charge in [-0.15, -0.1) is 0 Å². The van der Waals surface area contributed by atoms with E-state index in [0.29, 0.717) is 18.1 Å². The van der Waals surface area contributed by atoms with E-state index >= 15 is 0 Å². The highest BCUT2D eigenvalue weighted by atomic mass is 16.1. The number of aryl methyl sites for hydroxylation is 3. The molecular weight excluding hydrogens is 324 g/mol. The number of aromatic nitrogens is 2. The molecule has 0 spiro atoms. The molecule has 0 fully saturated rings. The largest absolute Gasteiger partial charge is 0.347 e. The molecule has 132 valence electrons. The van der Waals surface area contributed by atoms with E-state index in [2.05, 4.69) is 40.5 Å². The second-order valence-electron chi connectivity index (χ2n) is 6.38. The summed E-state index contributed by atoms with van der Waals surface area (Å²) in [6, 6.07) is 15.8. The van der Waals surface area contributed by atoms with Crippen LogP contribution in [0.5, 0.6) is 0 Å². The van der Waals surface area contributed by atoms with E-state index in [1.165, 1.54) is 23.0 Å². The highest BCUT2D eigenvalue weighted by Gasteiger charge is 2.09. The lowest BCUT2D eigenvalue weighted by atomic mass is 10.1. The van der Waals surface area contributed by atoms with E-state index < -0.39 is 0 Å². The molecule has 2 N–H and O–H groups in total. The van der Waals surface area contributed by atoms with E-state index in [-0.39, 0.29) is 5.91 Å². The minimum Gasteiger partial charge on any atom is -0.347 e. The average Bonchev–Trinajstić information content (AvgIpc) is 2.63. The summed E-state index contributed by atoms with van der Waals surface area (Å²) in [7, 11) is 0. The van der Waals surface area contributed by atoms with Crippen LogP contribution < -0.4 is 10.6 Å².